The van der Waals surface area contributed by atoms with Crippen LogP contribution in [-0.4, -0.2) is 35.4 Å². The van der Waals surface area contributed by atoms with Crippen LogP contribution < -0.4 is 5.32 Å². The molecule has 0 spiro atoms. The minimum atomic E-state index is -0.452. The lowest BCUT2D eigenvalue weighted by Crippen LogP contribution is -2.29. The molecule has 0 saturated heterocycles. The third kappa shape index (κ3) is 2.89. The lowest BCUT2D eigenvalue weighted by atomic mass is 10.1. The fraction of sp³-hybridized carbons (Fsp3) is 0.500. The molecule has 1 aromatic carbocycles. The van der Waals surface area contributed by atoms with Gasteiger partial charge in [0.2, 0.25) is 0 Å². The second-order valence-electron chi connectivity index (χ2n) is 5.03. The smallest absolute Gasteiger partial charge is 0.293 e. The Morgan fingerprint density at radius 1 is 1.50 bits per heavy atom. The number of nitro groups is 1. The predicted octanol–water partition coefficient (Wildman–Crippen LogP) is 2.65. The maximum atomic E-state index is 12.4. The highest BCUT2D eigenvalue weighted by Crippen LogP contribution is 2.32. The molecule has 1 amide bonds. The molecule has 1 aliphatic carbocycles. The van der Waals surface area contributed by atoms with Crippen molar-refractivity contribution in [2.75, 3.05) is 18.9 Å². The monoisotopic (exact) mass is 277 g/mol. The van der Waals surface area contributed by atoms with Crippen molar-refractivity contribution in [2.24, 2.45) is 0 Å². The van der Waals surface area contributed by atoms with Gasteiger partial charge in [0.15, 0.2) is 0 Å². The molecule has 2 rings (SSSR count). The number of amides is 1. The Morgan fingerprint density at radius 2 is 2.20 bits per heavy atom. The van der Waals surface area contributed by atoms with E-state index in [2.05, 4.69) is 5.32 Å². The highest BCUT2D eigenvalue weighted by molar-refractivity contribution is 6.01. The number of hydrogen-bond donors (Lipinski definition) is 1. The largest absolute Gasteiger partial charge is 0.379 e. The first-order chi connectivity index (χ1) is 9.56. The van der Waals surface area contributed by atoms with Gasteiger partial charge >= 0.3 is 0 Å². The molecule has 0 heterocycles. The van der Waals surface area contributed by atoms with E-state index in [0.717, 1.165) is 19.3 Å². The molecule has 0 aromatic heterocycles. The molecule has 1 N–H and O–H groups in total. The number of hydrogen-bond acceptors (Lipinski definition) is 4. The second-order valence-corrected chi connectivity index (χ2v) is 5.03. The number of nitrogens with zero attached hydrogens (tertiary/aromatic N) is 2. The normalized spacial score (nSPS) is 13.9. The van der Waals surface area contributed by atoms with Crippen molar-refractivity contribution in [3.63, 3.8) is 0 Å². The first kappa shape index (κ1) is 14.3. The van der Waals surface area contributed by atoms with Gasteiger partial charge in [0, 0.05) is 25.7 Å². The van der Waals surface area contributed by atoms with Crippen LogP contribution in [0.2, 0.25) is 0 Å². The number of carbonyl (C=O) groups is 1. The van der Waals surface area contributed by atoms with Gasteiger partial charge < -0.3 is 10.2 Å². The summed E-state index contributed by atoms with van der Waals surface area (Å²) in [6.45, 7) is 2.57. The molecule has 1 aromatic rings. The van der Waals surface area contributed by atoms with Gasteiger partial charge in [0.25, 0.3) is 11.6 Å². The van der Waals surface area contributed by atoms with E-state index < -0.39 is 4.92 Å². The van der Waals surface area contributed by atoms with E-state index in [1.165, 1.54) is 6.07 Å². The molecule has 6 heteroatoms. The van der Waals surface area contributed by atoms with Crippen LogP contribution in [0.5, 0.6) is 0 Å². The van der Waals surface area contributed by atoms with Gasteiger partial charge in [-0.2, -0.15) is 0 Å². The Bertz CT molecular complexity index is 526. The Balaban J connectivity index is 2.36. The molecule has 0 aliphatic heterocycles. The van der Waals surface area contributed by atoms with E-state index in [1.54, 1.807) is 24.1 Å². The first-order valence-electron chi connectivity index (χ1n) is 6.84. The number of carbonyl (C=O) groups excluding carboxylic acids is 1. The highest BCUT2D eigenvalue weighted by atomic mass is 16.6. The molecule has 0 atom stereocenters. The lowest BCUT2D eigenvalue weighted by molar-refractivity contribution is -0.384. The summed E-state index contributed by atoms with van der Waals surface area (Å²) in [6, 6.07) is 4.90. The summed E-state index contributed by atoms with van der Waals surface area (Å²) < 4.78 is 0. The van der Waals surface area contributed by atoms with Crippen molar-refractivity contribution in [2.45, 2.75) is 32.2 Å². The molecular formula is C14H19N3O3. The van der Waals surface area contributed by atoms with Gasteiger partial charge in [-0.25, -0.2) is 0 Å². The van der Waals surface area contributed by atoms with Crippen LogP contribution in [0.3, 0.4) is 0 Å². The van der Waals surface area contributed by atoms with Crippen molar-refractivity contribution < 1.29 is 9.72 Å². The average Bonchev–Trinajstić information content (AvgIpc) is 3.27. The van der Waals surface area contributed by atoms with Crippen molar-refractivity contribution in [1.29, 1.82) is 0 Å². The average molecular weight is 277 g/mol. The molecule has 6 nitrogen and oxygen atoms in total. The number of nitro benzene ring substituents is 1. The van der Waals surface area contributed by atoms with Gasteiger partial charge in [-0.15, -0.1) is 0 Å². The molecule has 1 aliphatic rings. The number of nitrogens with one attached hydrogen (secondary N) is 1. The van der Waals surface area contributed by atoms with Crippen LogP contribution in [0.4, 0.5) is 11.4 Å². The van der Waals surface area contributed by atoms with Gasteiger partial charge in [-0.3, -0.25) is 14.9 Å². The molecule has 20 heavy (non-hydrogen) atoms. The van der Waals surface area contributed by atoms with Crippen LogP contribution in [0.1, 0.15) is 36.5 Å². The van der Waals surface area contributed by atoms with Crippen molar-refractivity contribution in [3.05, 3.63) is 33.9 Å². The maximum Gasteiger partial charge on any atom is 0.293 e. The zero-order valence-corrected chi connectivity index (χ0v) is 11.8. The summed E-state index contributed by atoms with van der Waals surface area (Å²) in [5.74, 6) is -0.158. The third-order valence-electron chi connectivity index (χ3n) is 3.44. The minimum absolute atomic E-state index is 0.0477. The van der Waals surface area contributed by atoms with Crippen LogP contribution in [-0.2, 0) is 0 Å². The fourth-order valence-electron chi connectivity index (χ4n) is 2.12. The maximum absolute atomic E-state index is 12.4. The van der Waals surface area contributed by atoms with Gasteiger partial charge in [0.05, 0.1) is 10.5 Å². The van der Waals surface area contributed by atoms with E-state index in [0.29, 0.717) is 17.8 Å². The van der Waals surface area contributed by atoms with Crippen LogP contribution >= 0.6 is 0 Å². The van der Waals surface area contributed by atoms with Crippen LogP contribution in [0.15, 0.2) is 18.2 Å². The number of anilines is 1. The Hall–Kier alpha value is -2.11. The lowest BCUT2D eigenvalue weighted by Gasteiger charge is -2.18. The van der Waals surface area contributed by atoms with Crippen LogP contribution in [0, 0.1) is 10.1 Å². The topological polar surface area (TPSA) is 75.5 Å². The standard InChI is InChI=1S/C14H19N3O3/c1-3-9-15-13-11(5-4-6-12(13)17(19)20)14(18)16(2)10-7-8-10/h4-6,10,15H,3,7-9H2,1-2H3. The highest BCUT2D eigenvalue weighted by Gasteiger charge is 2.32. The molecule has 108 valence electrons. The van der Waals surface area contributed by atoms with E-state index in [-0.39, 0.29) is 17.6 Å². The minimum Gasteiger partial charge on any atom is -0.379 e. The quantitative estimate of drug-likeness (QED) is 0.640. The summed E-state index contributed by atoms with van der Waals surface area (Å²) in [5.41, 5.74) is 0.660. The summed E-state index contributed by atoms with van der Waals surface area (Å²) in [4.78, 5) is 24.8. The summed E-state index contributed by atoms with van der Waals surface area (Å²) >= 11 is 0. The summed E-state index contributed by atoms with van der Waals surface area (Å²) in [7, 11) is 1.75. The van der Waals surface area contributed by atoms with E-state index in [1.807, 2.05) is 6.92 Å². The van der Waals surface area contributed by atoms with E-state index in [4.69, 9.17) is 0 Å². The zero-order valence-electron chi connectivity index (χ0n) is 11.8. The second kappa shape index (κ2) is 5.90. The summed E-state index contributed by atoms with van der Waals surface area (Å²) in [6.07, 6.45) is 2.85. The number of benzene rings is 1. The Labute approximate surface area is 117 Å². The predicted molar refractivity (Wildman–Crippen MR) is 77.0 cm³/mol. The van der Waals surface area contributed by atoms with Gasteiger partial charge in [0.1, 0.15) is 5.69 Å². The summed E-state index contributed by atoms with van der Waals surface area (Å²) in [5, 5.41) is 14.1. The van der Waals surface area contributed by atoms with E-state index in [9.17, 15) is 14.9 Å². The van der Waals surface area contributed by atoms with Crippen molar-refractivity contribution in [1.82, 2.24) is 4.90 Å². The first-order valence-corrected chi connectivity index (χ1v) is 6.84. The van der Waals surface area contributed by atoms with Crippen molar-refractivity contribution in [3.8, 4) is 0 Å². The fourth-order valence-corrected chi connectivity index (χ4v) is 2.12. The number of para-hydroxylation sites is 1. The number of rotatable bonds is 6. The van der Waals surface area contributed by atoms with E-state index >= 15 is 0 Å². The zero-order chi connectivity index (χ0) is 14.7. The molecular weight excluding hydrogens is 258 g/mol. The van der Waals surface area contributed by atoms with Crippen molar-refractivity contribution >= 4 is 17.3 Å². The molecule has 0 unspecified atom stereocenters. The Morgan fingerprint density at radius 3 is 2.75 bits per heavy atom. The van der Waals surface area contributed by atoms with Gasteiger partial charge in [-0.05, 0) is 25.3 Å². The molecule has 0 bridgehead atoms. The Kier molecular flexibility index (Phi) is 4.22. The SMILES string of the molecule is CCCNc1c(C(=O)N(C)C2CC2)cccc1[N+](=O)[O-]. The molecule has 0 radical (unpaired) electrons. The third-order valence-corrected chi connectivity index (χ3v) is 3.44. The van der Waals surface area contributed by atoms with Gasteiger partial charge in [-0.1, -0.05) is 13.0 Å². The molecule has 1 fully saturated rings. The molecule has 1 saturated carbocycles. The van der Waals surface area contributed by atoms with Crippen LogP contribution in [0.25, 0.3) is 0 Å².